The highest BCUT2D eigenvalue weighted by molar-refractivity contribution is 5.57. The Morgan fingerprint density at radius 2 is 2.06 bits per heavy atom. The van der Waals surface area contributed by atoms with Crippen LogP contribution in [0, 0.1) is 22.6 Å². The van der Waals surface area contributed by atoms with E-state index in [0.717, 1.165) is 12.8 Å². The third-order valence-electron chi connectivity index (χ3n) is 3.61. The number of aliphatic hydroxyl groups is 1. The molecular formula is C14H19FN2O. The number of hydrogen-bond acceptors (Lipinski definition) is 3. The molecule has 1 aromatic carbocycles. The summed E-state index contributed by atoms with van der Waals surface area (Å²) < 4.78 is 13.4. The van der Waals surface area contributed by atoms with Crippen LogP contribution >= 0.6 is 0 Å². The van der Waals surface area contributed by atoms with Gasteiger partial charge in [-0.1, -0.05) is 19.9 Å². The van der Waals surface area contributed by atoms with E-state index in [1.54, 1.807) is 12.1 Å². The largest absolute Gasteiger partial charge is 0.396 e. The molecule has 3 nitrogen and oxygen atoms in total. The molecule has 0 aliphatic rings. The molecule has 0 aliphatic heterocycles. The zero-order valence-electron chi connectivity index (χ0n) is 10.8. The summed E-state index contributed by atoms with van der Waals surface area (Å²) in [7, 11) is 0. The standard InChI is InChI=1S/C14H19FN2O/c1-3-14(4-2,10-18)9-17-13-7-5-6-12(15)11(13)8-16/h5-7,17-18H,3-4,9-10H2,1-2H3. The molecule has 0 saturated heterocycles. The van der Waals surface area contributed by atoms with Crippen LogP contribution in [0.5, 0.6) is 0 Å². The first-order valence-electron chi connectivity index (χ1n) is 6.15. The van der Waals surface area contributed by atoms with E-state index in [1.807, 2.05) is 19.9 Å². The SMILES string of the molecule is CCC(CC)(CO)CNc1cccc(F)c1C#N. The number of aliphatic hydroxyl groups excluding tert-OH is 1. The lowest BCUT2D eigenvalue weighted by molar-refractivity contribution is 0.127. The Morgan fingerprint density at radius 1 is 1.39 bits per heavy atom. The molecule has 18 heavy (non-hydrogen) atoms. The molecule has 0 unspecified atom stereocenters. The average molecular weight is 250 g/mol. The van der Waals surface area contributed by atoms with Gasteiger partial charge in [0.05, 0.1) is 12.3 Å². The molecule has 2 N–H and O–H groups in total. The smallest absolute Gasteiger partial charge is 0.143 e. The summed E-state index contributed by atoms with van der Waals surface area (Å²) in [6, 6.07) is 6.36. The molecule has 1 rings (SSSR count). The number of nitrogens with one attached hydrogen (secondary N) is 1. The fourth-order valence-electron chi connectivity index (χ4n) is 1.85. The molecule has 0 atom stereocenters. The quantitative estimate of drug-likeness (QED) is 0.816. The van der Waals surface area contributed by atoms with Crippen LogP contribution in [0.1, 0.15) is 32.3 Å². The van der Waals surface area contributed by atoms with E-state index in [2.05, 4.69) is 5.32 Å². The minimum Gasteiger partial charge on any atom is -0.396 e. The van der Waals surface area contributed by atoms with Gasteiger partial charge in [-0.3, -0.25) is 0 Å². The van der Waals surface area contributed by atoms with E-state index in [1.165, 1.54) is 6.07 Å². The number of benzene rings is 1. The van der Waals surface area contributed by atoms with Crippen LogP contribution in [0.2, 0.25) is 0 Å². The Morgan fingerprint density at radius 3 is 2.56 bits per heavy atom. The highest BCUT2D eigenvalue weighted by Gasteiger charge is 2.25. The number of halogens is 1. The molecule has 0 saturated carbocycles. The van der Waals surface area contributed by atoms with Gasteiger partial charge < -0.3 is 10.4 Å². The maximum Gasteiger partial charge on any atom is 0.143 e. The summed E-state index contributed by atoms with van der Waals surface area (Å²) >= 11 is 0. The van der Waals surface area contributed by atoms with Crippen LogP contribution in [0.25, 0.3) is 0 Å². The Hall–Kier alpha value is -1.60. The van der Waals surface area contributed by atoms with Gasteiger partial charge in [0.25, 0.3) is 0 Å². The maximum atomic E-state index is 13.4. The molecule has 0 spiro atoms. The number of anilines is 1. The van der Waals surface area contributed by atoms with E-state index < -0.39 is 5.82 Å². The minimum absolute atomic E-state index is 0.0246. The first kappa shape index (κ1) is 14.5. The molecule has 0 radical (unpaired) electrons. The molecule has 4 heteroatoms. The summed E-state index contributed by atoms with van der Waals surface area (Å²) in [5, 5.41) is 21.5. The van der Waals surface area contributed by atoms with Crippen molar-refractivity contribution in [1.29, 1.82) is 5.26 Å². The van der Waals surface area contributed by atoms with E-state index >= 15 is 0 Å². The summed E-state index contributed by atoms with van der Waals surface area (Å²) in [5.41, 5.74) is 0.285. The van der Waals surface area contributed by atoms with Gasteiger partial charge in [0, 0.05) is 12.0 Å². The van der Waals surface area contributed by atoms with Crippen molar-refractivity contribution >= 4 is 5.69 Å². The van der Waals surface area contributed by atoms with Crippen molar-refractivity contribution in [3.05, 3.63) is 29.6 Å². The summed E-state index contributed by atoms with van der Waals surface area (Å²) in [6.45, 7) is 4.62. The fourth-order valence-corrected chi connectivity index (χ4v) is 1.85. The zero-order valence-corrected chi connectivity index (χ0v) is 10.8. The van der Waals surface area contributed by atoms with Crippen molar-refractivity contribution in [3.8, 4) is 6.07 Å². The number of rotatable bonds is 6. The predicted octanol–water partition coefficient (Wildman–Crippen LogP) is 2.91. The van der Waals surface area contributed by atoms with Crippen molar-refractivity contribution in [2.45, 2.75) is 26.7 Å². The third-order valence-corrected chi connectivity index (χ3v) is 3.61. The van der Waals surface area contributed by atoms with Gasteiger partial charge >= 0.3 is 0 Å². The molecular weight excluding hydrogens is 231 g/mol. The molecule has 98 valence electrons. The van der Waals surface area contributed by atoms with Crippen molar-refractivity contribution < 1.29 is 9.50 Å². The first-order chi connectivity index (χ1) is 8.62. The van der Waals surface area contributed by atoms with Crippen LogP contribution in [0.4, 0.5) is 10.1 Å². The van der Waals surface area contributed by atoms with Crippen LogP contribution in [-0.4, -0.2) is 18.3 Å². The molecule has 0 aliphatic carbocycles. The van der Waals surface area contributed by atoms with Crippen LogP contribution < -0.4 is 5.32 Å². The fraction of sp³-hybridized carbons (Fsp3) is 0.500. The van der Waals surface area contributed by atoms with Crippen LogP contribution in [0.3, 0.4) is 0 Å². The molecule has 0 aromatic heterocycles. The zero-order chi connectivity index (χ0) is 13.6. The molecule has 1 aromatic rings. The van der Waals surface area contributed by atoms with Crippen LogP contribution in [0.15, 0.2) is 18.2 Å². The molecule has 0 amide bonds. The van der Waals surface area contributed by atoms with Crippen molar-refractivity contribution in [1.82, 2.24) is 0 Å². The van der Waals surface area contributed by atoms with Crippen molar-refractivity contribution in [2.24, 2.45) is 5.41 Å². The van der Waals surface area contributed by atoms with Gasteiger partial charge in [-0.2, -0.15) is 5.26 Å². The Bertz CT molecular complexity index is 428. The maximum absolute atomic E-state index is 13.4. The lowest BCUT2D eigenvalue weighted by atomic mass is 9.83. The van der Waals surface area contributed by atoms with E-state index in [0.29, 0.717) is 12.2 Å². The van der Waals surface area contributed by atoms with Gasteiger partial charge in [0.1, 0.15) is 17.4 Å². The van der Waals surface area contributed by atoms with Gasteiger partial charge in [-0.15, -0.1) is 0 Å². The molecule has 0 heterocycles. The highest BCUT2D eigenvalue weighted by Crippen LogP contribution is 2.27. The topological polar surface area (TPSA) is 56.0 Å². The second-order valence-corrected chi connectivity index (χ2v) is 4.49. The predicted molar refractivity (Wildman–Crippen MR) is 69.7 cm³/mol. The van der Waals surface area contributed by atoms with Crippen molar-refractivity contribution in [2.75, 3.05) is 18.5 Å². The lowest BCUT2D eigenvalue weighted by Gasteiger charge is -2.30. The number of hydrogen-bond donors (Lipinski definition) is 2. The van der Waals surface area contributed by atoms with Gasteiger partial charge in [0.2, 0.25) is 0 Å². The van der Waals surface area contributed by atoms with E-state index in [9.17, 15) is 9.50 Å². The summed E-state index contributed by atoms with van der Waals surface area (Å²) in [4.78, 5) is 0. The Kier molecular flexibility index (Phi) is 5.11. The van der Waals surface area contributed by atoms with Gasteiger partial charge in [-0.25, -0.2) is 4.39 Å². The normalized spacial score (nSPS) is 11.1. The van der Waals surface area contributed by atoms with Gasteiger partial charge in [0.15, 0.2) is 0 Å². The second kappa shape index (κ2) is 6.36. The van der Waals surface area contributed by atoms with Crippen molar-refractivity contribution in [3.63, 3.8) is 0 Å². The highest BCUT2D eigenvalue weighted by atomic mass is 19.1. The summed E-state index contributed by atoms with van der Waals surface area (Å²) in [6.07, 6.45) is 1.65. The number of nitrogens with zero attached hydrogens (tertiary/aromatic N) is 1. The summed E-state index contributed by atoms with van der Waals surface area (Å²) in [5.74, 6) is -0.523. The average Bonchev–Trinajstić information content (AvgIpc) is 2.41. The Balaban J connectivity index is 2.87. The number of nitriles is 1. The molecule has 0 bridgehead atoms. The second-order valence-electron chi connectivity index (χ2n) is 4.49. The molecule has 0 fully saturated rings. The van der Waals surface area contributed by atoms with Crippen LogP contribution in [-0.2, 0) is 0 Å². The lowest BCUT2D eigenvalue weighted by Crippen LogP contribution is -2.32. The Labute approximate surface area is 107 Å². The minimum atomic E-state index is -0.523. The van der Waals surface area contributed by atoms with E-state index in [4.69, 9.17) is 5.26 Å². The van der Waals surface area contributed by atoms with Gasteiger partial charge in [-0.05, 0) is 25.0 Å². The third kappa shape index (κ3) is 2.99. The monoisotopic (exact) mass is 250 g/mol. The van der Waals surface area contributed by atoms with E-state index in [-0.39, 0.29) is 17.6 Å². The first-order valence-corrected chi connectivity index (χ1v) is 6.15.